The third-order valence-corrected chi connectivity index (χ3v) is 0.203. The average Bonchev–Trinajstić information content (AvgIpc) is 1.61. The van der Waals surface area contributed by atoms with Gasteiger partial charge in [0.05, 0.1) is 0 Å². The first-order valence-electron chi connectivity index (χ1n) is 1.35. The highest BCUT2D eigenvalue weighted by atomic mass is 15.5. The molecule has 0 aliphatic heterocycles. The molecular formula is C2H6N4. The second-order valence-corrected chi connectivity index (χ2v) is 0.536. The standard InChI is InChI=1S/C2H6N4/c1-4-6-5-2-3/h2,6H,1H2,(H2,3,5). The maximum absolute atomic E-state index is 4.77. The van der Waals surface area contributed by atoms with Crippen LogP contribution in [0.25, 0.3) is 0 Å². The van der Waals surface area contributed by atoms with E-state index in [9.17, 15) is 0 Å². The van der Waals surface area contributed by atoms with Crippen LogP contribution in [-0.2, 0) is 0 Å². The zero-order valence-electron chi connectivity index (χ0n) is 3.26. The minimum Gasteiger partial charge on any atom is -0.388 e. The molecule has 6 heavy (non-hydrogen) atoms. The number of nitrogens with two attached hydrogens (primary N) is 1. The van der Waals surface area contributed by atoms with Gasteiger partial charge in [0.25, 0.3) is 0 Å². The summed E-state index contributed by atoms with van der Waals surface area (Å²) in [6.45, 7) is 3.07. The molecule has 4 heteroatoms. The van der Waals surface area contributed by atoms with Crippen molar-refractivity contribution in [3.63, 3.8) is 0 Å². The molecule has 0 radical (unpaired) electrons. The molecule has 0 aromatic carbocycles. The van der Waals surface area contributed by atoms with Crippen LogP contribution in [0.15, 0.2) is 10.2 Å². The minimum absolute atomic E-state index is 1.09. The van der Waals surface area contributed by atoms with Crippen molar-refractivity contribution in [2.45, 2.75) is 0 Å². The maximum Gasteiger partial charge on any atom is 0.108 e. The lowest BCUT2D eigenvalue weighted by molar-refractivity contribution is 0.820. The Morgan fingerprint density at radius 3 is 2.67 bits per heavy atom. The van der Waals surface area contributed by atoms with Crippen LogP contribution in [0.5, 0.6) is 0 Å². The van der Waals surface area contributed by atoms with E-state index < -0.39 is 0 Å². The fourth-order valence-electron chi connectivity index (χ4n) is 0.0742. The van der Waals surface area contributed by atoms with Crippen molar-refractivity contribution in [3.05, 3.63) is 0 Å². The van der Waals surface area contributed by atoms with Crippen LogP contribution >= 0.6 is 0 Å². The number of hydrogen-bond acceptors (Lipinski definition) is 3. The van der Waals surface area contributed by atoms with Gasteiger partial charge in [-0.15, -0.1) is 5.10 Å². The summed E-state index contributed by atoms with van der Waals surface area (Å²) in [7, 11) is 0. The Labute approximate surface area is 35.7 Å². The molecule has 34 valence electrons. The van der Waals surface area contributed by atoms with Crippen molar-refractivity contribution in [3.8, 4) is 0 Å². The minimum atomic E-state index is 1.09. The van der Waals surface area contributed by atoms with Gasteiger partial charge in [0, 0.05) is 6.72 Å². The zero-order valence-corrected chi connectivity index (χ0v) is 3.26. The fraction of sp³-hybridized carbons (Fsp3) is 0. The number of rotatable bonds is 2. The first-order chi connectivity index (χ1) is 2.91. The molecule has 0 aromatic heterocycles. The Hall–Kier alpha value is -1.06. The molecule has 0 heterocycles. The smallest absolute Gasteiger partial charge is 0.108 e. The highest BCUT2D eigenvalue weighted by Crippen LogP contribution is 1.45. The highest BCUT2D eigenvalue weighted by molar-refractivity contribution is 5.50. The van der Waals surface area contributed by atoms with Crippen molar-refractivity contribution in [2.24, 2.45) is 15.9 Å². The molecule has 0 amide bonds. The van der Waals surface area contributed by atoms with Crippen LogP contribution in [-0.4, -0.2) is 13.1 Å². The Morgan fingerprint density at radius 2 is 2.50 bits per heavy atom. The van der Waals surface area contributed by atoms with Crippen molar-refractivity contribution in [1.82, 2.24) is 5.53 Å². The summed E-state index contributed by atoms with van der Waals surface area (Å²) in [5, 5.41) is 6.41. The van der Waals surface area contributed by atoms with Crippen LogP contribution in [0.4, 0.5) is 0 Å². The topological polar surface area (TPSA) is 62.8 Å². The van der Waals surface area contributed by atoms with Crippen LogP contribution in [0, 0.1) is 0 Å². The summed E-state index contributed by atoms with van der Waals surface area (Å²) in [6, 6.07) is 0. The van der Waals surface area contributed by atoms with Gasteiger partial charge in [-0.3, -0.25) is 0 Å². The van der Waals surface area contributed by atoms with E-state index in [1.165, 1.54) is 0 Å². The molecule has 0 unspecified atom stereocenters. The van der Waals surface area contributed by atoms with Gasteiger partial charge in [0.2, 0.25) is 0 Å². The van der Waals surface area contributed by atoms with Crippen LogP contribution < -0.4 is 11.3 Å². The van der Waals surface area contributed by atoms with Crippen LogP contribution in [0.2, 0.25) is 0 Å². The normalized spacial score (nSPS) is 8.67. The lowest BCUT2D eigenvalue weighted by Crippen LogP contribution is -1.97. The van der Waals surface area contributed by atoms with E-state index >= 15 is 0 Å². The van der Waals surface area contributed by atoms with Gasteiger partial charge in [-0.25, -0.2) is 0 Å². The van der Waals surface area contributed by atoms with Crippen molar-refractivity contribution >= 4 is 13.1 Å². The molecule has 0 aliphatic carbocycles. The summed E-state index contributed by atoms with van der Waals surface area (Å²) in [5.74, 6) is 0. The van der Waals surface area contributed by atoms with Gasteiger partial charge in [-0.05, 0) is 0 Å². The number of nitrogens with one attached hydrogen (secondary N) is 1. The Morgan fingerprint density at radius 1 is 1.83 bits per heavy atom. The third kappa shape index (κ3) is 2.94. The number of hydrogen-bond donors (Lipinski definition) is 2. The van der Waals surface area contributed by atoms with Crippen molar-refractivity contribution in [1.29, 1.82) is 0 Å². The first kappa shape index (κ1) is 4.94. The largest absolute Gasteiger partial charge is 0.388 e. The van der Waals surface area contributed by atoms with E-state index in [-0.39, 0.29) is 0 Å². The van der Waals surface area contributed by atoms with Gasteiger partial charge in [0.1, 0.15) is 6.34 Å². The summed E-state index contributed by atoms with van der Waals surface area (Å²) in [5.41, 5.74) is 6.93. The number of hydrazone groups is 2. The Kier molecular flexibility index (Phi) is 3.24. The van der Waals surface area contributed by atoms with Gasteiger partial charge in [0.15, 0.2) is 0 Å². The Bertz CT molecular complexity index is 56.6. The average molecular weight is 86.1 g/mol. The SMILES string of the molecule is C=NN/N=C\N. The molecule has 0 fully saturated rings. The summed E-state index contributed by atoms with van der Waals surface area (Å²) in [4.78, 5) is 0. The summed E-state index contributed by atoms with van der Waals surface area (Å²) >= 11 is 0. The van der Waals surface area contributed by atoms with Gasteiger partial charge < -0.3 is 5.73 Å². The molecule has 0 atom stereocenters. The molecule has 3 N–H and O–H groups in total. The van der Waals surface area contributed by atoms with E-state index in [0.29, 0.717) is 0 Å². The molecule has 0 aliphatic rings. The van der Waals surface area contributed by atoms with Crippen molar-refractivity contribution < 1.29 is 0 Å². The van der Waals surface area contributed by atoms with E-state index in [2.05, 4.69) is 22.5 Å². The molecule has 0 saturated carbocycles. The van der Waals surface area contributed by atoms with E-state index in [4.69, 9.17) is 5.73 Å². The second kappa shape index (κ2) is 3.94. The molecule has 0 saturated heterocycles. The third-order valence-electron chi connectivity index (χ3n) is 0.203. The van der Waals surface area contributed by atoms with E-state index in [1.807, 2.05) is 0 Å². The number of nitrogens with zero attached hydrogens (tertiary/aromatic N) is 2. The Balaban J connectivity index is 2.85. The molecule has 0 rings (SSSR count). The second-order valence-electron chi connectivity index (χ2n) is 0.536. The van der Waals surface area contributed by atoms with Gasteiger partial charge in [-0.1, -0.05) is 0 Å². The van der Waals surface area contributed by atoms with Gasteiger partial charge in [-0.2, -0.15) is 10.6 Å². The van der Waals surface area contributed by atoms with E-state index in [0.717, 1.165) is 6.34 Å². The molecule has 0 bridgehead atoms. The zero-order chi connectivity index (χ0) is 4.83. The monoisotopic (exact) mass is 86.1 g/mol. The first-order valence-corrected chi connectivity index (χ1v) is 1.35. The quantitative estimate of drug-likeness (QED) is 0.260. The van der Waals surface area contributed by atoms with E-state index in [1.54, 1.807) is 0 Å². The fourth-order valence-corrected chi connectivity index (χ4v) is 0.0742. The summed E-state index contributed by atoms with van der Waals surface area (Å²) < 4.78 is 0. The molecule has 0 aromatic rings. The lowest BCUT2D eigenvalue weighted by atomic mass is 11.4. The predicted molar refractivity (Wildman–Crippen MR) is 25.4 cm³/mol. The molecule has 0 spiro atoms. The summed E-state index contributed by atoms with van der Waals surface area (Å²) in [6.07, 6.45) is 1.09. The molecule has 4 nitrogen and oxygen atoms in total. The van der Waals surface area contributed by atoms with Crippen molar-refractivity contribution in [2.75, 3.05) is 0 Å². The van der Waals surface area contributed by atoms with Crippen LogP contribution in [0.3, 0.4) is 0 Å². The van der Waals surface area contributed by atoms with Crippen LogP contribution in [0.1, 0.15) is 0 Å². The lowest BCUT2D eigenvalue weighted by Gasteiger charge is -1.78. The predicted octanol–water partition coefficient (Wildman–Crippen LogP) is -0.906. The highest BCUT2D eigenvalue weighted by Gasteiger charge is 1.50. The molecular weight excluding hydrogens is 80.0 g/mol. The van der Waals surface area contributed by atoms with Gasteiger partial charge >= 0.3 is 0 Å². The maximum atomic E-state index is 4.77.